The van der Waals surface area contributed by atoms with E-state index < -0.39 is 0 Å². The fraction of sp³-hybridized carbons (Fsp3) is 0.261. The van der Waals surface area contributed by atoms with E-state index in [-0.39, 0.29) is 5.92 Å². The van der Waals surface area contributed by atoms with E-state index in [4.69, 9.17) is 11.5 Å². The highest BCUT2D eigenvalue weighted by Crippen LogP contribution is 2.43. The summed E-state index contributed by atoms with van der Waals surface area (Å²) in [5, 5.41) is 10.0. The first kappa shape index (κ1) is 20.0. The lowest BCUT2D eigenvalue weighted by molar-refractivity contribution is 0.804. The quantitative estimate of drug-likeness (QED) is 0.487. The van der Waals surface area contributed by atoms with Crippen molar-refractivity contribution in [2.75, 3.05) is 21.1 Å². The predicted molar refractivity (Wildman–Crippen MR) is 116 cm³/mol. The van der Waals surface area contributed by atoms with Gasteiger partial charge in [-0.2, -0.15) is 0 Å². The molecule has 7 N–H and O–H groups in total. The van der Waals surface area contributed by atoms with Gasteiger partial charge in [-0.3, -0.25) is 0 Å². The molecule has 0 unspecified atom stereocenters. The number of hydrogen-bond donors (Lipinski definition) is 5. The molecule has 147 valence electrons. The lowest BCUT2D eigenvalue weighted by Gasteiger charge is -2.26. The van der Waals surface area contributed by atoms with Crippen LogP contribution in [0.4, 0.5) is 0 Å². The first-order valence-corrected chi connectivity index (χ1v) is 9.61. The smallest absolute Gasteiger partial charge is 0.0772 e. The van der Waals surface area contributed by atoms with E-state index >= 15 is 0 Å². The van der Waals surface area contributed by atoms with Gasteiger partial charge in [0.15, 0.2) is 0 Å². The molecule has 0 atom stereocenters. The van der Waals surface area contributed by atoms with Gasteiger partial charge in [0.1, 0.15) is 0 Å². The summed E-state index contributed by atoms with van der Waals surface area (Å²) < 4.78 is 0. The average Bonchev–Trinajstić information content (AvgIpc) is 3.11. The third-order valence-corrected chi connectivity index (χ3v) is 5.23. The first-order valence-electron chi connectivity index (χ1n) is 9.61. The van der Waals surface area contributed by atoms with Gasteiger partial charge in [0.05, 0.1) is 17.3 Å². The maximum absolute atomic E-state index is 5.92. The molecule has 5 nitrogen and oxygen atoms in total. The Morgan fingerprint density at radius 3 is 1.71 bits per heavy atom. The summed E-state index contributed by atoms with van der Waals surface area (Å²) in [5.74, 6) is 1.27. The Balaban J connectivity index is 2.18. The third kappa shape index (κ3) is 3.77. The van der Waals surface area contributed by atoms with Crippen LogP contribution in [-0.2, 0) is 13.1 Å². The standard InChI is InChI=1S/C23H30N5/c1-26-20-12-19(22(27-2)23(20)28-3)21(17-8-4-6-15(10-17)13-24)18-9-5-7-16(11-18)14-25/h4-12,21,26-28H,13-14,24-25H2,1-3H3. The lowest BCUT2D eigenvalue weighted by atomic mass is 9.79. The van der Waals surface area contributed by atoms with Crippen molar-refractivity contribution in [3.8, 4) is 0 Å². The molecule has 0 bridgehead atoms. The Morgan fingerprint density at radius 2 is 1.29 bits per heavy atom. The topological polar surface area (TPSA) is 88.1 Å². The molecule has 0 aromatic heterocycles. The summed E-state index contributed by atoms with van der Waals surface area (Å²) in [7, 11) is 5.85. The van der Waals surface area contributed by atoms with Crippen molar-refractivity contribution in [2.45, 2.75) is 19.0 Å². The van der Waals surface area contributed by atoms with Crippen LogP contribution in [0.15, 0.2) is 71.7 Å². The molecule has 5 heteroatoms. The molecule has 0 saturated heterocycles. The summed E-state index contributed by atoms with van der Waals surface area (Å²) >= 11 is 0. The Kier molecular flexibility index (Phi) is 6.39. The predicted octanol–water partition coefficient (Wildman–Crippen LogP) is 2.08. The average molecular weight is 377 g/mol. The van der Waals surface area contributed by atoms with Crippen LogP contribution in [0.2, 0.25) is 0 Å². The van der Waals surface area contributed by atoms with E-state index in [9.17, 15) is 0 Å². The Morgan fingerprint density at radius 1 is 0.750 bits per heavy atom. The van der Waals surface area contributed by atoms with Crippen LogP contribution in [0.25, 0.3) is 0 Å². The molecule has 2 aromatic rings. The Labute approximate surface area is 167 Å². The minimum atomic E-state index is 0.0645. The zero-order chi connectivity index (χ0) is 20.1. The van der Waals surface area contributed by atoms with Crippen molar-refractivity contribution in [1.82, 2.24) is 16.0 Å². The van der Waals surface area contributed by atoms with E-state index in [1.54, 1.807) is 0 Å². The van der Waals surface area contributed by atoms with Gasteiger partial charge in [-0.15, -0.1) is 0 Å². The number of benzene rings is 2. The number of nitrogens with one attached hydrogen (secondary N) is 3. The molecule has 0 heterocycles. The highest BCUT2D eigenvalue weighted by Gasteiger charge is 2.34. The summed E-state index contributed by atoms with van der Waals surface area (Å²) in [6, 6.07) is 17.0. The molecule has 2 aromatic carbocycles. The summed E-state index contributed by atoms with van der Waals surface area (Å²) in [4.78, 5) is 0. The molecule has 1 aliphatic carbocycles. The zero-order valence-corrected chi connectivity index (χ0v) is 16.8. The minimum absolute atomic E-state index is 0.0645. The van der Waals surface area contributed by atoms with E-state index in [0.717, 1.165) is 28.2 Å². The normalized spacial score (nSPS) is 14.4. The van der Waals surface area contributed by atoms with E-state index in [1.807, 2.05) is 21.1 Å². The van der Waals surface area contributed by atoms with Crippen LogP contribution >= 0.6 is 0 Å². The van der Waals surface area contributed by atoms with Crippen LogP contribution in [0.5, 0.6) is 0 Å². The molecule has 0 aliphatic heterocycles. The lowest BCUT2D eigenvalue weighted by Crippen LogP contribution is -2.23. The van der Waals surface area contributed by atoms with Gasteiger partial charge in [-0.25, -0.2) is 0 Å². The van der Waals surface area contributed by atoms with Crippen molar-refractivity contribution < 1.29 is 0 Å². The second kappa shape index (κ2) is 8.95. The van der Waals surface area contributed by atoms with E-state index in [2.05, 4.69) is 70.6 Å². The van der Waals surface area contributed by atoms with E-state index in [0.29, 0.717) is 13.1 Å². The van der Waals surface area contributed by atoms with Crippen LogP contribution in [0.1, 0.15) is 28.2 Å². The molecule has 0 spiro atoms. The molecule has 28 heavy (non-hydrogen) atoms. The van der Waals surface area contributed by atoms with Crippen molar-refractivity contribution >= 4 is 0 Å². The second-order valence-corrected chi connectivity index (χ2v) is 6.84. The number of rotatable bonds is 8. The van der Waals surface area contributed by atoms with Gasteiger partial charge in [0.25, 0.3) is 0 Å². The molecule has 1 radical (unpaired) electrons. The number of nitrogens with two attached hydrogens (primary N) is 2. The Bertz CT molecular complexity index is 837. The van der Waals surface area contributed by atoms with Gasteiger partial charge in [-0.05, 0) is 28.3 Å². The first-order chi connectivity index (χ1) is 13.7. The highest BCUT2D eigenvalue weighted by atomic mass is 15.0. The fourth-order valence-corrected chi connectivity index (χ4v) is 3.88. The van der Waals surface area contributed by atoms with Crippen molar-refractivity contribution in [3.05, 3.63) is 99.9 Å². The second-order valence-electron chi connectivity index (χ2n) is 6.84. The van der Waals surface area contributed by atoms with Gasteiger partial charge < -0.3 is 27.4 Å². The summed E-state index contributed by atoms with van der Waals surface area (Å²) in [6.07, 6.45) is 2.21. The maximum atomic E-state index is 5.92. The Hall–Kier alpha value is -2.76. The molecule has 0 amide bonds. The number of allylic oxidation sites excluding steroid dienone is 1. The van der Waals surface area contributed by atoms with Crippen molar-refractivity contribution in [2.24, 2.45) is 11.5 Å². The molecular weight excluding hydrogens is 346 g/mol. The van der Waals surface area contributed by atoms with Crippen molar-refractivity contribution in [3.63, 3.8) is 0 Å². The van der Waals surface area contributed by atoms with Crippen LogP contribution in [-0.4, -0.2) is 21.1 Å². The molecule has 0 saturated carbocycles. The fourth-order valence-electron chi connectivity index (χ4n) is 3.88. The van der Waals surface area contributed by atoms with Crippen LogP contribution in [0, 0.1) is 5.92 Å². The summed E-state index contributed by atoms with van der Waals surface area (Å²) in [6.45, 7) is 1.04. The zero-order valence-electron chi connectivity index (χ0n) is 16.8. The van der Waals surface area contributed by atoms with Crippen LogP contribution < -0.4 is 27.4 Å². The minimum Gasteiger partial charge on any atom is -0.389 e. The molecule has 3 rings (SSSR count). The van der Waals surface area contributed by atoms with Gasteiger partial charge >= 0.3 is 0 Å². The van der Waals surface area contributed by atoms with E-state index in [1.165, 1.54) is 17.0 Å². The van der Waals surface area contributed by atoms with Gasteiger partial charge in [-0.1, -0.05) is 48.5 Å². The number of hydrogen-bond acceptors (Lipinski definition) is 5. The largest absolute Gasteiger partial charge is 0.389 e. The van der Waals surface area contributed by atoms with Crippen LogP contribution in [0.3, 0.4) is 0 Å². The van der Waals surface area contributed by atoms with Gasteiger partial charge in [0.2, 0.25) is 0 Å². The third-order valence-electron chi connectivity index (χ3n) is 5.23. The monoisotopic (exact) mass is 376 g/mol. The highest BCUT2D eigenvalue weighted by molar-refractivity contribution is 5.59. The van der Waals surface area contributed by atoms with Gasteiger partial charge in [0, 0.05) is 45.8 Å². The maximum Gasteiger partial charge on any atom is 0.0772 e. The molecular formula is C23H30N5. The molecule has 0 fully saturated rings. The molecule has 1 aliphatic rings. The summed E-state index contributed by atoms with van der Waals surface area (Å²) in [5.41, 5.74) is 19.7. The SMILES string of the molecule is CNC1=C[C](C(c2cccc(CN)c2)c2cccc(CN)c2)C(NC)=C1NC. The number of likely N-dealkylation sites (N-methyl/N-ethyl adjacent to an activating group) is 2. The van der Waals surface area contributed by atoms with Crippen molar-refractivity contribution in [1.29, 1.82) is 0 Å².